The van der Waals surface area contributed by atoms with Gasteiger partial charge in [-0.15, -0.1) is 0 Å². The molecular formula is C18H23N3O5. The number of nitrogens with one attached hydrogen (secondary N) is 1. The number of aromatic nitrogens is 1. The van der Waals surface area contributed by atoms with Crippen molar-refractivity contribution in [2.24, 2.45) is 0 Å². The zero-order chi connectivity index (χ0) is 18.4. The van der Waals surface area contributed by atoms with E-state index in [1.54, 1.807) is 20.3 Å². The molecule has 3 rings (SSSR count). The molecule has 0 bridgehead atoms. The third-order valence-electron chi connectivity index (χ3n) is 4.20. The zero-order valence-electron chi connectivity index (χ0n) is 15.0. The molecule has 26 heavy (non-hydrogen) atoms. The number of ether oxygens (including phenoxy) is 3. The van der Waals surface area contributed by atoms with Crippen LogP contribution in [-0.4, -0.2) is 58.1 Å². The minimum atomic E-state index is -0.256. The third kappa shape index (κ3) is 4.26. The Bertz CT molecular complexity index is 740. The van der Waals surface area contributed by atoms with Crippen LogP contribution in [0.1, 0.15) is 16.1 Å². The summed E-state index contributed by atoms with van der Waals surface area (Å²) in [6.45, 7) is 3.24. The van der Waals surface area contributed by atoms with Crippen molar-refractivity contribution in [1.29, 1.82) is 0 Å². The second kappa shape index (κ2) is 8.57. The van der Waals surface area contributed by atoms with Crippen molar-refractivity contribution in [2.45, 2.75) is 6.42 Å². The molecule has 1 N–H and O–H groups in total. The molecule has 1 aliphatic heterocycles. The van der Waals surface area contributed by atoms with Crippen LogP contribution in [0.3, 0.4) is 0 Å². The fourth-order valence-electron chi connectivity index (χ4n) is 2.75. The maximum atomic E-state index is 12.2. The number of methoxy groups -OCH3 is 2. The number of hydrogen-bond acceptors (Lipinski definition) is 7. The Morgan fingerprint density at radius 2 is 1.96 bits per heavy atom. The topological polar surface area (TPSA) is 86.1 Å². The molecule has 1 aromatic heterocycles. The molecule has 0 unspecified atom stereocenters. The van der Waals surface area contributed by atoms with Crippen molar-refractivity contribution in [2.75, 3.05) is 52.0 Å². The maximum Gasteiger partial charge on any atom is 0.273 e. The smallest absolute Gasteiger partial charge is 0.273 e. The lowest BCUT2D eigenvalue weighted by Gasteiger charge is -2.25. The summed E-state index contributed by atoms with van der Waals surface area (Å²) in [7, 11) is 3.20. The summed E-state index contributed by atoms with van der Waals surface area (Å²) in [5.41, 5.74) is 1.32. The summed E-state index contributed by atoms with van der Waals surface area (Å²) < 4.78 is 21.1. The van der Waals surface area contributed by atoms with Crippen molar-refractivity contribution in [3.8, 4) is 11.5 Å². The number of benzene rings is 1. The van der Waals surface area contributed by atoms with Crippen LogP contribution in [0.5, 0.6) is 11.5 Å². The minimum Gasteiger partial charge on any atom is -0.493 e. The van der Waals surface area contributed by atoms with E-state index in [1.807, 2.05) is 23.1 Å². The summed E-state index contributed by atoms with van der Waals surface area (Å²) in [4.78, 5) is 14.2. The highest BCUT2D eigenvalue weighted by Crippen LogP contribution is 2.27. The van der Waals surface area contributed by atoms with Crippen molar-refractivity contribution < 1.29 is 23.5 Å². The molecule has 0 spiro atoms. The van der Waals surface area contributed by atoms with E-state index >= 15 is 0 Å². The van der Waals surface area contributed by atoms with Gasteiger partial charge in [-0.25, -0.2) is 0 Å². The number of carbonyl (C=O) groups excluding carboxylic acids is 1. The molecule has 0 saturated carbocycles. The molecule has 2 heterocycles. The summed E-state index contributed by atoms with van der Waals surface area (Å²) in [5, 5.41) is 6.71. The number of nitrogens with zero attached hydrogens (tertiary/aromatic N) is 2. The van der Waals surface area contributed by atoms with Gasteiger partial charge >= 0.3 is 0 Å². The van der Waals surface area contributed by atoms with E-state index in [-0.39, 0.29) is 11.6 Å². The highest BCUT2D eigenvalue weighted by Gasteiger charge is 2.18. The summed E-state index contributed by atoms with van der Waals surface area (Å²) in [6, 6.07) is 7.36. The Labute approximate surface area is 152 Å². The van der Waals surface area contributed by atoms with E-state index in [2.05, 4.69) is 10.5 Å². The number of morpholine rings is 1. The van der Waals surface area contributed by atoms with Gasteiger partial charge in [-0.2, -0.15) is 0 Å². The van der Waals surface area contributed by atoms with Gasteiger partial charge in [0.1, 0.15) is 0 Å². The standard InChI is InChI=1S/C18H23N3O5/c1-23-15-4-3-13(11-16(15)24-2)5-6-19-18(22)14-12-17(26-20-14)21-7-9-25-10-8-21/h3-4,11-12H,5-10H2,1-2H3,(H,19,22). The van der Waals surface area contributed by atoms with Gasteiger partial charge in [0.25, 0.3) is 5.91 Å². The van der Waals surface area contributed by atoms with Gasteiger partial charge in [0.2, 0.25) is 5.88 Å². The van der Waals surface area contributed by atoms with Gasteiger partial charge in [0, 0.05) is 25.7 Å². The fraction of sp³-hybridized carbons (Fsp3) is 0.444. The largest absolute Gasteiger partial charge is 0.493 e. The maximum absolute atomic E-state index is 12.2. The van der Waals surface area contributed by atoms with Crippen LogP contribution in [0.4, 0.5) is 5.88 Å². The first kappa shape index (κ1) is 18.1. The van der Waals surface area contributed by atoms with Crippen LogP contribution in [0.25, 0.3) is 0 Å². The summed E-state index contributed by atoms with van der Waals surface area (Å²) >= 11 is 0. The average Bonchev–Trinajstić information content (AvgIpc) is 3.19. The molecule has 140 valence electrons. The summed E-state index contributed by atoms with van der Waals surface area (Å²) in [6.07, 6.45) is 0.667. The number of carbonyl (C=O) groups is 1. The molecule has 0 atom stereocenters. The van der Waals surface area contributed by atoms with Crippen LogP contribution in [0, 0.1) is 0 Å². The molecule has 8 heteroatoms. The van der Waals surface area contributed by atoms with Gasteiger partial charge in [-0.1, -0.05) is 11.2 Å². The molecule has 1 amide bonds. The predicted molar refractivity (Wildman–Crippen MR) is 95.1 cm³/mol. The predicted octanol–water partition coefficient (Wildman–Crippen LogP) is 1.50. The average molecular weight is 361 g/mol. The molecule has 0 aliphatic carbocycles. The molecule has 1 saturated heterocycles. The Morgan fingerprint density at radius 3 is 2.69 bits per heavy atom. The lowest BCUT2D eigenvalue weighted by Crippen LogP contribution is -2.35. The van der Waals surface area contributed by atoms with Crippen LogP contribution in [0.2, 0.25) is 0 Å². The first-order chi connectivity index (χ1) is 12.7. The molecule has 1 fully saturated rings. The van der Waals surface area contributed by atoms with Crippen LogP contribution >= 0.6 is 0 Å². The highest BCUT2D eigenvalue weighted by molar-refractivity contribution is 5.92. The van der Waals surface area contributed by atoms with Gasteiger partial charge in [-0.05, 0) is 24.1 Å². The van der Waals surface area contributed by atoms with Crippen molar-refractivity contribution in [3.05, 3.63) is 35.5 Å². The Balaban J connectivity index is 1.52. The quantitative estimate of drug-likeness (QED) is 0.800. The van der Waals surface area contributed by atoms with E-state index in [9.17, 15) is 4.79 Å². The normalized spacial score (nSPS) is 14.2. The van der Waals surface area contributed by atoms with E-state index in [1.165, 1.54) is 0 Å². The van der Waals surface area contributed by atoms with Crippen molar-refractivity contribution >= 4 is 11.8 Å². The van der Waals surface area contributed by atoms with Gasteiger partial charge in [-0.3, -0.25) is 4.79 Å². The Hall–Kier alpha value is -2.74. The minimum absolute atomic E-state index is 0.256. The molecule has 8 nitrogen and oxygen atoms in total. The molecule has 2 aromatic rings. The number of anilines is 1. The molecular weight excluding hydrogens is 338 g/mol. The van der Waals surface area contributed by atoms with Crippen LogP contribution < -0.4 is 19.7 Å². The number of amides is 1. The van der Waals surface area contributed by atoms with Crippen LogP contribution in [0.15, 0.2) is 28.8 Å². The fourth-order valence-corrected chi connectivity index (χ4v) is 2.75. The van der Waals surface area contributed by atoms with Gasteiger partial charge in [0.15, 0.2) is 17.2 Å². The first-order valence-corrected chi connectivity index (χ1v) is 8.50. The van der Waals surface area contributed by atoms with Gasteiger partial charge in [0.05, 0.1) is 27.4 Å². The summed E-state index contributed by atoms with van der Waals surface area (Å²) in [5.74, 6) is 1.69. The lowest BCUT2D eigenvalue weighted by atomic mass is 10.1. The SMILES string of the molecule is COc1ccc(CCNC(=O)c2cc(N3CCOCC3)on2)cc1OC. The highest BCUT2D eigenvalue weighted by atomic mass is 16.5. The Kier molecular flexibility index (Phi) is 5.96. The monoisotopic (exact) mass is 361 g/mol. The number of rotatable bonds is 7. The molecule has 1 aliphatic rings. The Morgan fingerprint density at radius 1 is 1.19 bits per heavy atom. The second-order valence-corrected chi connectivity index (χ2v) is 5.85. The first-order valence-electron chi connectivity index (χ1n) is 8.50. The number of hydrogen-bond donors (Lipinski definition) is 1. The van der Waals surface area contributed by atoms with E-state index in [0.717, 1.165) is 18.7 Å². The second-order valence-electron chi connectivity index (χ2n) is 5.85. The van der Waals surface area contributed by atoms with Crippen molar-refractivity contribution in [1.82, 2.24) is 10.5 Å². The zero-order valence-corrected chi connectivity index (χ0v) is 15.0. The lowest BCUT2D eigenvalue weighted by molar-refractivity contribution is 0.0945. The molecule has 0 radical (unpaired) electrons. The van der Waals surface area contributed by atoms with Crippen molar-refractivity contribution in [3.63, 3.8) is 0 Å². The van der Waals surface area contributed by atoms with E-state index in [0.29, 0.717) is 43.6 Å². The van der Waals surface area contributed by atoms with E-state index in [4.69, 9.17) is 18.7 Å². The van der Waals surface area contributed by atoms with E-state index < -0.39 is 0 Å². The third-order valence-corrected chi connectivity index (χ3v) is 4.20. The molecule has 1 aromatic carbocycles. The van der Waals surface area contributed by atoms with Gasteiger partial charge < -0.3 is 29.0 Å². The van der Waals surface area contributed by atoms with Crippen LogP contribution in [-0.2, 0) is 11.2 Å².